The number of thiocarbonyl (C=S) groups is 1. The average Bonchev–Trinajstić information content (AvgIpc) is 3.09. The minimum absolute atomic E-state index is 0.0351. The highest BCUT2D eigenvalue weighted by atomic mass is 35.5. The van der Waals surface area contributed by atoms with E-state index in [2.05, 4.69) is 15.6 Å². The number of pyridine rings is 1. The molecule has 1 aromatic carbocycles. The van der Waals surface area contributed by atoms with Gasteiger partial charge in [-0.2, -0.15) is 0 Å². The van der Waals surface area contributed by atoms with Gasteiger partial charge in [-0.05, 0) is 55.7 Å². The van der Waals surface area contributed by atoms with E-state index in [1.54, 1.807) is 6.07 Å². The monoisotopic (exact) mass is 411 g/mol. The average molecular weight is 412 g/mol. The summed E-state index contributed by atoms with van der Waals surface area (Å²) in [5.41, 5.74) is 1.79. The molecule has 0 spiro atoms. The lowest BCUT2D eigenvalue weighted by molar-refractivity contribution is 0.434. The Balaban J connectivity index is 1.69. The summed E-state index contributed by atoms with van der Waals surface area (Å²) in [5, 5.41) is 7.71. The first-order valence-corrected chi connectivity index (χ1v) is 9.70. The smallest absolute Gasteiger partial charge is 0.172 e. The Morgan fingerprint density at radius 1 is 1.19 bits per heavy atom. The molecule has 3 rings (SSSR count). The van der Waals surface area contributed by atoms with E-state index in [4.69, 9.17) is 35.4 Å². The summed E-state index contributed by atoms with van der Waals surface area (Å²) in [6.45, 7) is 2.48. The molecule has 26 heavy (non-hydrogen) atoms. The number of aromatic nitrogens is 1. The van der Waals surface area contributed by atoms with Gasteiger partial charge >= 0.3 is 0 Å². The standard InChI is InChI=1S/C19H20Cl2FN3S/c1-12-15(20)10-16(21)17(24-12)25-18(26)23-11-19(8-2-3-9-19)13-4-6-14(22)7-5-13/h4-7,10H,2-3,8-9,11H2,1H3,(H2,23,24,25,26). The van der Waals surface area contributed by atoms with Crippen LogP contribution in [0, 0.1) is 12.7 Å². The molecule has 1 aliphatic carbocycles. The Morgan fingerprint density at radius 3 is 2.50 bits per heavy atom. The van der Waals surface area contributed by atoms with Gasteiger partial charge in [0.2, 0.25) is 0 Å². The number of rotatable bonds is 4. The van der Waals surface area contributed by atoms with Gasteiger partial charge < -0.3 is 10.6 Å². The van der Waals surface area contributed by atoms with Crippen molar-refractivity contribution in [2.45, 2.75) is 38.0 Å². The van der Waals surface area contributed by atoms with Crippen molar-refractivity contribution in [2.75, 3.05) is 11.9 Å². The van der Waals surface area contributed by atoms with Gasteiger partial charge in [0.1, 0.15) is 5.82 Å². The Hall–Kier alpha value is -1.43. The molecule has 1 fully saturated rings. The first-order chi connectivity index (χ1) is 12.4. The Labute approximate surface area is 168 Å². The molecule has 3 nitrogen and oxygen atoms in total. The molecule has 1 aromatic heterocycles. The van der Waals surface area contributed by atoms with Gasteiger partial charge in [0.05, 0.1) is 15.7 Å². The summed E-state index contributed by atoms with van der Waals surface area (Å²) in [5.74, 6) is 0.263. The molecule has 1 saturated carbocycles. The van der Waals surface area contributed by atoms with E-state index < -0.39 is 0 Å². The van der Waals surface area contributed by atoms with Crippen LogP contribution in [0.25, 0.3) is 0 Å². The largest absolute Gasteiger partial charge is 0.362 e. The minimum Gasteiger partial charge on any atom is -0.362 e. The number of anilines is 1. The second-order valence-electron chi connectivity index (χ2n) is 6.69. The predicted molar refractivity (Wildman–Crippen MR) is 110 cm³/mol. The fourth-order valence-electron chi connectivity index (χ4n) is 3.47. The highest BCUT2D eigenvalue weighted by molar-refractivity contribution is 7.80. The lowest BCUT2D eigenvalue weighted by Gasteiger charge is -2.30. The van der Waals surface area contributed by atoms with E-state index in [1.165, 1.54) is 12.1 Å². The fourth-order valence-corrected chi connectivity index (χ4v) is 4.04. The molecule has 0 amide bonds. The van der Waals surface area contributed by atoms with Crippen LogP contribution < -0.4 is 10.6 Å². The number of nitrogens with one attached hydrogen (secondary N) is 2. The third kappa shape index (κ3) is 4.27. The van der Waals surface area contributed by atoms with Gasteiger partial charge in [0.15, 0.2) is 10.9 Å². The van der Waals surface area contributed by atoms with E-state index >= 15 is 0 Å². The molecule has 138 valence electrons. The van der Waals surface area contributed by atoms with Crippen LogP contribution in [0.15, 0.2) is 30.3 Å². The summed E-state index contributed by atoms with van der Waals surface area (Å²) >= 11 is 17.6. The topological polar surface area (TPSA) is 37.0 Å². The van der Waals surface area contributed by atoms with Crippen LogP contribution in [0.4, 0.5) is 10.2 Å². The molecular weight excluding hydrogens is 392 g/mol. The Bertz CT molecular complexity index is 805. The van der Waals surface area contributed by atoms with Crippen molar-refractivity contribution in [3.05, 3.63) is 57.5 Å². The molecule has 1 aliphatic rings. The molecular formula is C19H20Cl2FN3S. The zero-order chi connectivity index (χ0) is 18.7. The molecule has 0 bridgehead atoms. The molecule has 0 unspecified atom stereocenters. The molecule has 0 saturated heterocycles. The van der Waals surface area contributed by atoms with Crippen molar-refractivity contribution in [1.82, 2.24) is 10.3 Å². The third-order valence-corrected chi connectivity index (χ3v) is 5.86. The summed E-state index contributed by atoms with van der Waals surface area (Å²) in [6, 6.07) is 8.44. The van der Waals surface area contributed by atoms with Crippen molar-refractivity contribution in [1.29, 1.82) is 0 Å². The summed E-state index contributed by atoms with van der Waals surface area (Å²) in [4.78, 5) is 4.33. The molecule has 2 N–H and O–H groups in total. The third-order valence-electron chi connectivity index (χ3n) is 4.94. The maximum Gasteiger partial charge on any atom is 0.172 e. The molecule has 0 aliphatic heterocycles. The van der Waals surface area contributed by atoms with Gasteiger partial charge in [-0.25, -0.2) is 9.37 Å². The minimum atomic E-state index is -0.217. The SMILES string of the molecule is Cc1nc(NC(=S)NCC2(c3ccc(F)cc3)CCCC2)c(Cl)cc1Cl. The van der Waals surface area contributed by atoms with Crippen molar-refractivity contribution in [3.8, 4) is 0 Å². The molecule has 2 aromatic rings. The number of hydrogen-bond acceptors (Lipinski definition) is 2. The summed E-state index contributed by atoms with van der Waals surface area (Å²) in [7, 11) is 0. The number of halogens is 3. The van der Waals surface area contributed by atoms with Crippen LogP contribution in [-0.4, -0.2) is 16.6 Å². The lowest BCUT2D eigenvalue weighted by Crippen LogP contribution is -2.41. The van der Waals surface area contributed by atoms with Crippen molar-refractivity contribution in [2.24, 2.45) is 0 Å². The molecule has 0 atom stereocenters. The van der Waals surface area contributed by atoms with Crippen LogP contribution in [0.5, 0.6) is 0 Å². The Morgan fingerprint density at radius 2 is 1.85 bits per heavy atom. The number of benzene rings is 1. The van der Waals surface area contributed by atoms with Gasteiger partial charge in [-0.3, -0.25) is 0 Å². The summed E-state index contributed by atoms with van der Waals surface area (Å²) < 4.78 is 13.3. The maximum atomic E-state index is 13.3. The van der Waals surface area contributed by atoms with Gasteiger partial charge in [-0.1, -0.05) is 48.2 Å². The van der Waals surface area contributed by atoms with Gasteiger partial charge in [-0.15, -0.1) is 0 Å². The Kier molecular flexibility index (Phi) is 6.00. The normalized spacial score (nSPS) is 15.7. The van der Waals surface area contributed by atoms with E-state index in [0.29, 0.717) is 33.2 Å². The second kappa shape index (κ2) is 8.07. The first kappa shape index (κ1) is 19.3. The second-order valence-corrected chi connectivity index (χ2v) is 7.91. The van der Waals surface area contributed by atoms with Crippen LogP contribution in [0.3, 0.4) is 0 Å². The predicted octanol–water partition coefficient (Wildman–Crippen LogP) is 5.63. The first-order valence-electron chi connectivity index (χ1n) is 8.53. The van der Waals surface area contributed by atoms with Crippen LogP contribution in [0.1, 0.15) is 36.9 Å². The van der Waals surface area contributed by atoms with Crippen LogP contribution >= 0.6 is 35.4 Å². The maximum absolute atomic E-state index is 13.3. The van der Waals surface area contributed by atoms with E-state index in [0.717, 1.165) is 31.2 Å². The van der Waals surface area contributed by atoms with Crippen molar-refractivity contribution >= 4 is 46.4 Å². The molecule has 7 heteroatoms. The van der Waals surface area contributed by atoms with E-state index in [9.17, 15) is 4.39 Å². The quantitative estimate of drug-likeness (QED) is 0.638. The number of nitrogens with zero attached hydrogens (tertiary/aromatic N) is 1. The van der Waals surface area contributed by atoms with Crippen LogP contribution in [0.2, 0.25) is 10.0 Å². The lowest BCUT2D eigenvalue weighted by atomic mass is 9.79. The zero-order valence-electron chi connectivity index (χ0n) is 14.4. The number of aryl methyl sites for hydroxylation is 1. The van der Waals surface area contributed by atoms with Crippen LogP contribution in [-0.2, 0) is 5.41 Å². The zero-order valence-corrected chi connectivity index (χ0v) is 16.7. The van der Waals surface area contributed by atoms with E-state index in [-0.39, 0.29) is 11.2 Å². The molecule has 0 radical (unpaired) electrons. The fraction of sp³-hybridized carbons (Fsp3) is 0.368. The van der Waals surface area contributed by atoms with Gasteiger partial charge in [0, 0.05) is 12.0 Å². The number of hydrogen-bond donors (Lipinski definition) is 2. The highest BCUT2D eigenvalue weighted by Gasteiger charge is 2.35. The molecule has 1 heterocycles. The van der Waals surface area contributed by atoms with Crippen molar-refractivity contribution < 1.29 is 4.39 Å². The van der Waals surface area contributed by atoms with Gasteiger partial charge in [0.25, 0.3) is 0 Å². The van der Waals surface area contributed by atoms with Crippen molar-refractivity contribution in [3.63, 3.8) is 0 Å². The van der Waals surface area contributed by atoms with E-state index in [1.807, 2.05) is 19.1 Å². The highest BCUT2D eigenvalue weighted by Crippen LogP contribution is 2.40. The summed E-state index contributed by atoms with van der Waals surface area (Å²) in [6.07, 6.45) is 4.41.